The van der Waals surface area contributed by atoms with Gasteiger partial charge < -0.3 is 0 Å². The van der Waals surface area contributed by atoms with E-state index in [4.69, 9.17) is 0 Å². The predicted octanol–water partition coefficient (Wildman–Crippen LogP) is 1.87. The molecule has 0 nitrogen and oxygen atoms in total. The molecule has 1 heteroatoms. The fourth-order valence-corrected chi connectivity index (χ4v) is 1.52. The van der Waals surface area contributed by atoms with Gasteiger partial charge >= 0.3 is 0 Å². The summed E-state index contributed by atoms with van der Waals surface area (Å²) < 4.78 is 0. The summed E-state index contributed by atoms with van der Waals surface area (Å²) >= 11 is 0. The van der Waals surface area contributed by atoms with Crippen molar-refractivity contribution in [2.45, 2.75) is 6.55 Å². The Labute approximate surface area is 64.4 Å². The molecule has 0 aliphatic rings. The van der Waals surface area contributed by atoms with Crippen LogP contribution in [0.5, 0.6) is 0 Å². The fraction of sp³-hybridized carbons (Fsp3) is 0.111. The van der Waals surface area contributed by atoms with E-state index in [9.17, 15) is 0 Å². The van der Waals surface area contributed by atoms with Crippen molar-refractivity contribution in [3.8, 4) is 0 Å². The van der Waals surface area contributed by atoms with Gasteiger partial charge in [0.05, 0.1) is 9.52 Å². The smallest absolute Gasteiger partial charge is 0.0517 e. The molecule has 0 atom stereocenters. The van der Waals surface area contributed by atoms with Crippen molar-refractivity contribution in [1.29, 1.82) is 0 Å². The molecule has 0 amide bonds. The molecule has 52 valence electrons. The molecule has 10 heavy (non-hydrogen) atoms. The molecule has 0 aliphatic heterocycles. The first-order valence-corrected chi connectivity index (χ1v) is 5.70. The van der Waals surface area contributed by atoms with E-state index in [0.29, 0.717) is 0 Å². The fourth-order valence-electron chi connectivity index (χ4n) is 0.878. The summed E-state index contributed by atoms with van der Waals surface area (Å²) in [6, 6.07) is 10.4. The zero-order valence-electron chi connectivity index (χ0n) is 6.30. The van der Waals surface area contributed by atoms with Crippen molar-refractivity contribution in [3.05, 3.63) is 42.5 Å². The van der Waals surface area contributed by atoms with Gasteiger partial charge in [-0.1, -0.05) is 48.7 Å². The first-order chi connectivity index (χ1) is 4.84. The van der Waals surface area contributed by atoms with E-state index in [1.165, 1.54) is 10.8 Å². The molecule has 0 heterocycles. The van der Waals surface area contributed by atoms with Gasteiger partial charge in [-0.25, -0.2) is 0 Å². The normalized spacial score (nSPS) is 10.5. The third kappa shape index (κ3) is 1.58. The van der Waals surface area contributed by atoms with Crippen molar-refractivity contribution in [3.63, 3.8) is 0 Å². The van der Waals surface area contributed by atoms with Gasteiger partial charge in [-0.05, 0) is 5.56 Å². The van der Waals surface area contributed by atoms with E-state index in [1.54, 1.807) is 0 Å². The van der Waals surface area contributed by atoms with Gasteiger partial charge in [0.1, 0.15) is 0 Å². The van der Waals surface area contributed by atoms with Crippen molar-refractivity contribution < 1.29 is 0 Å². The van der Waals surface area contributed by atoms with E-state index in [-0.39, 0.29) is 9.52 Å². The number of rotatable bonds is 2. The summed E-state index contributed by atoms with van der Waals surface area (Å²) in [6.07, 6.45) is 0. The number of hydrogen-bond acceptors (Lipinski definition) is 0. The van der Waals surface area contributed by atoms with Gasteiger partial charge in [0, 0.05) is 0 Å². The minimum atomic E-state index is -0.0544. The molecule has 0 bridgehead atoms. The van der Waals surface area contributed by atoms with Gasteiger partial charge in [0.15, 0.2) is 0 Å². The Morgan fingerprint density at radius 2 is 1.90 bits per heavy atom. The molecule has 1 aromatic carbocycles. The van der Waals surface area contributed by atoms with Crippen molar-refractivity contribution >= 4 is 14.7 Å². The summed E-state index contributed by atoms with van der Waals surface area (Å²) in [6.45, 7) is 6.26. The Hall–Kier alpha value is -0.823. The van der Waals surface area contributed by atoms with Crippen LogP contribution in [0.15, 0.2) is 36.9 Å². The summed E-state index contributed by atoms with van der Waals surface area (Å²) in [5.41, 5.74) is 1.32. The summed E-state index contributed by atoms with van der Waals surface area (Å²) in [5.74, 6) is 0. The average Bonchev–Trinajstić information content (AvgIpc) is 2.05. The Morgan fingerprint density at radius 1 is 1.30 bits per heavy atom. The van der Waals surface area contributed by atoms with E-state index in [0.717, 1.165) is 0 Å². The van der Waals surface area contributed by atoms with Crippen LogP contribution in [0.3, 0.4) is 0 Å². The molecule has 0 fully saturated rings. The van der Waals surface area contributed by atoms with Crippen LogP contribution >= 0.6 is 0 Å². The second-order valence-electron chi connectivity index (χ2n) is 2.32. The van der Waals surface area contributed by atoms with Crippen LogP contribution in [0, 0.1) is 0 Å². The molecule has 0 aromatic heterocycles. The maximum Gasteiger partial charge on any atom is 0.0517 e. The Kier molecular flexibility index (Phi) is 2.46. The highest BCUT2D eigenvalue weighted by Crippen LogP contribution is 2.08. The van der Waals surface area contributed by atoms with Crippen LogP contribution in [0.2, 0.25) is 6.55 Å². The number of hydrogen-bond donors (Lipinski definition) is 0. The SMILES string of the molecule is C=C([SiH2]C)c1ccccc1. The lowest BCUT2D eigenvalue weighted by Gasteiger charge is -1.99. The first kappa shape index (κ1) is 7.29. The van der Waals surface area contributed by atoms with E-state index in [1.807, 2.05) is 6.07 Å². The topological polar surface area (TPSA) is 0 Å². The Bertz CT molecular complexity index is 213. The lowest BCUT2D eigenvalue weighted by Crippen LogP contribution is -1.86. The summed E-state index contributed by atoms with van der Waals surface area (Å²) in [7, 11) is -0.0544. The molecule has 0 saturated carbocycles. The largest absolute Gasteiger partial charge is 0.0999 e. The maximum absolute atomic E-state index is 4.01. The standard InChI is InChI=1S/C9H12Si/c1-8(10-2)9-6-4-3-5-7-9/h3-7H,1,10H2,2H3. The molecule has 0 unspecified atom stereocenters. The highest BCUT2D eigenvalue weighted by Gasteiger charge is 1.91. The molecular weight excluding hydrogens is 136 g/mol. The highest BCUT2D eigenvalue weighted by molar-refractivity contribution is 6.59. The highest BCUT2D eigenvalue weighted by atomic mass is 28.2. The van der Waals surface area contributed by atoms with Crippen LogP contribution in [0.25, 0.3) is 5.20 Å². The summed E-state index contributed by atoms with van der Waals surface area (Å²) in [5, 5.41) is 1.35. The van der Waals surface area contributed by atoms with Crippen LogP contribution < -0.4 is 0 Å². The lowest BCUT2D eigenvalue weighted by atomic mass is 10.2. The van der Waals surface area contributed by atoms with Crippen LogP contribution in [-0.2, 0) is 0 Å². The second kappa shape index (κ2) is 3.37. The third-order valence-corrected chi connectivity index (χ3v) is 2.87. The van der Waals surface area contributed by atoms with Crippen molar-refractivity contribution in [2.75, 3.05) is 0 Å². The van der Waals surface area contributed by atoms with Gasteiger partial charge in [-0.3, -0.25) is 0 Å². The minimum Gasteiger partial charge on any atom is -0.0999 e. The molecule has 0 radical (unpaired) electrons. The van der Waals surface area contributed by atoms with Gasteiger partial charge in [-0.15, -0.1) is 0 Å². The van der Waals surface area contributed by atoms with E-state index >= 15 is 0 Å². The zero-order chi connectivity index (χ0) is 7.40. The maximum atomic E-state index is 4.01. The molecule has 1 rings (SSSR count). The molecule has 0 saturated heterocycles. The Balaban J connectivity index is 2.85. The molecule has 0 spiro atoms. The van der Waals surface area contributed by atoms with E-state index in [2.05, 4.69) is 37.4 Å². The van der Waals surface area contributed by atoms with Crippen LogP contribution in [0.1, 0.15) is 5.56 Å². The van der Waals surface area contributed by atoms with E-state index < -0.39 is 0 Å². The average molecular weight is 148 g/mol. The van der Waals surface area contributed by atoms with Crippen molar-refractivity contribution in [1.82, 2.24) is 0 Å². The molecule has 1 aromatic rings. The van der Waals surface area contributed by atoms with Gasteiger partial charge in [0.25, 0.3) is 0 Å². The lowest BCUT2D eigenvalue weighted by molar-refractivity contribution is 1.65. The Morgan fingerprint density at radius 3 is 2.40 bits per heavy atom. The van der Waals surface area contributed by atoms with Crippen molar-refractivity contribution in [2.24, 2.45) is 0 Å². The van der Waals surface area contributed by atoms with Crippen LogP contribution in [0.4, 0.5) is 0 Å². The molecular formula is C9H12Si. The monoisotopic (exact) mass is 148 g/mol. The quantitative estimate of drug-likeness (QED) is 0.562. The zero-order valence-corrected chi connectivity index (χ0v) is 7.72. The van der Waals surface area contributed by atoms with Gasteiger partial charge in [-0.2, -0.15) is 0 Å². The van der Waals surface area contributed by atoms with Crippen LogP contribution in [-0.4, -0.2) is 9.52 Å². The second-order valence-corrected chi connectivity index (χ2v) is 3.88. The third-order valence-electron chi connectivity index (χ3n) is 1.61. The first-order valence-electron chi connectivity index (χ1n) is 3.57. The summed E-state index contributed by atoms with van der Waals surface area (Å²) in [4.78, 5) is 0. The van der Waals surface area contributed by atoms with Gasteiger partial charge in [0.2, 0.25) is 0 Å². The predicted molar refractivity (Wildman–Crippen MR) is 49.9 cm³/mol. The minimum absolute atomic E-state index is 0.0544. The number of benzene rings is 1. The molecule has 0 aliphatic carbocycles. The molecule has 0 N–H and O–H groups in total.